The van der Waals surface area contributed by atoms with Crippen LogP contribution < -0.4 is 5.56 Å². The molecular weight excluding hydrogens is 370 g/mol. The summed E-state index contributed by atoms with van der Waals surface area (Å²) in [5, 5.41) is 7.33. The first-order valence-electron chi connectivity index (χ1n) is 10.00. The summed E-state index contributed by atoms with van der Waals surface area (Å²) in [5.41, 5.74) is 2.13. The van der Waals surface area contributed by atoms with Crippen LogP contribution in [0.3, 0.4) is 0 Å². The van der Waals surface area contributed by atoms with Gasteiger partial charge in [-0.15, -0.1) is 0 Å². The van der Waals surface area contributed by atoms with Crippen LogP contribution in [0.25, 0.3) is 10.8 Å². The number of hydrogen-bond acceptors (Lipinski definition) is 2. The highest BCUT2D eigenvalue weighted by Gasteiger charge is 2.26. The maximum absolute atomic E-state index is 13.2. The van der Waals surface area contributed by atoms with Crippen LogP contribution in [0.4, 0.5) is 0 Å². The van der Waals surface area contributed by atoms with Gasteiger partial charge in [0.1, 0.15) is 0 Å². The second kappa shape index (κ2) is 7.69. The van der Waals surface area contributed by atoms with Crippen molar-refractivity contribution in [1.29, 1.82) is 0 Å². The van der Waals surface area contributed by atoms with Gasteiger partial charge < -0.3 is 4.48 Å². The number of rotatable bonds is 3. The Morgan fingerprint density at radius 2 is 1.75 bits per heavy atom. The van der Waals surface area contributed by atoms with Crippen LogP contribution in [0.5, 0.6) is 0 Å². The van der Waals surface area contributed by atoms with Crippen molar-refractivity contribution in [3.8, 4) is 0 Å². The van der Waals surface area contributed by atoms with E-state index in [0.29, 0.717) is 6.42 Å². The molecule has 4 nitrogen and oxygen atoms in total. The smallest absolute Gasteiger partial charge is 0.274 e. The molecule has 0 N–H and O–H groups in total. The molecule has 2 aromatic carbocycles. The summed E-state index contributed by atoms with van der Waals surface area (Å²) in [6.07, 6.45) is 3.79. The molecule has 4 rings (SSSR count). The Hall–Kier alpha value is -2.17. The number of halogens is 1. The van der Waals surface area contributed by atoms with Crippen LogP contribution in [0.1, 0.15) is 36.6 Å². The number of quaternary nitrogens is 1. The fraction of sp³-hybridized carbons (Fsp3) is 0.391. The SMILES string of the molecule is C[N+]1(C)CCCC(n2nc(Cc3ccc(Cl)cc3)c3ccccc3c2=O)CC1. The Morgan fingerprint density at radius 1 is 1.04 bits per heavy atom. The van der Waals surface area contributed by atoms with E-state index in [0.717, 1.165) is 63.9 Å². The van der Waals surface area contributed by atoms with Gasteiger partial charge in [0.15, 0.2) is 0 Å². The average molecular weight is 397 g/mol. The van der Waals surface area contributed by atoms with Crippen molar-refractivity contribution in [2.45, 2.75) is 31.7 Å². The molecule has 0 saturated carbocycles. The van der Waals surface area contributed by atoms with Gasteiger partial charge in [-0.3, -0.25) is 4.79 Å². The largest absolute Gasteiger partial charge is 0.328 e. The second-order valence-corrected chi connectivity index (χ2v) is 8.95. The predicted molar refractivity (Wildman–Crippen MR) is 115 cm³/mol. The third-order valence-corrected chi connectivity index (χ3v) is 6.16. The molecular formula is C23H27ClN3O+. The topological polar surface area (TPSA) is 34.9 Å². The van der Waals surface area contributed by atoms with Crippen molar-refractivity contribution in [3.05, 3.63) is 75.2 Å². The minimum Gasteiger partial charge on any atom is -0.328 e. The Balaban J connectivity index is 1.78. The molecule has 0 radical (unpaired) electrons. The number of nitrogens with zero attached hydrogens (tertiary/aromatic N) is 3. The number of benzene rings is 2. The average Bonchev–Trinajstić information content (AvgIpc) is 2.86. The Kier molecular flexibility index (Phi) is 5.26. The zero-order valence-electron chi connectivity index (χ0n) is 16.6. The highest BCUT2D eigenvalue weighted by Crippen LogP contribution is 2.25. The lowest BCUT2D eigenvalue weighted by atomic mass is 10.0. The van der Waals surface area contributed by atoms with Crippen molar-refractivity contribution < 1.29 is 4.48 Å². The lowest BCUT2D eigenvalue weighted by molar-refractivity contribution is -0.889. The lowest BCUT2D eigenvalue weighted by Crippen LogP contribution is -2.40. The van der Waals surface area contributed by atoms with E-state index in [2.05, 4.69) is 14.1 Å². The second-order valence-electron chi connectivity index (χ2n) is 8.51. The molecule has 1 unspecified atom stereocenters. The first-order chi connectivity index (χ1) is 13.4. The summed E-state index contributed by atoms with van der Waals surface area (Å²) < 4.78 is 2.79. The Bertz CT molecular complexity index is 1040. The van der Waals surface area contributed by atoms with Crippen molar-refractivity contribution in [2.24, 2.45) is 0 Å². The normalized spacial score (nSPS) is 19.5. The summed E-state index contributed by atoms with van der Waals surface area (Å²) >= 11 is 6.03. The zero-order chi connectivity index (χ0) is 19.7. The fourth-order valence-corrected chi connectivity index (χ4v) is 4.33. The maximum Gasteiger partial charge on any atom is 0.274 e. The van der Waals surface area contributed by atoms with Crippen LogP contribution in [0, 0.1) is 0 Å². The number of hydrogen-bond donors (Lipinski definition) is 0. The summed E-state index contributed by atoms with van der Waals surface area (Å²) in [4.78, 5) is 13.2. The molecule has 1 aliphatic heterocycles. The molecule has 3 aromatic rings. The first-order valence-corrected chi connectivity index (χ1v) is 10.4. The van der Waals surface area contributed by atoms with E-state index in [1.165, 1.54) is 0 Å². The van der Waals surface area contributed by atoms with E-state index < -0.39 is 0 Å². The van der Waals surface area contributed by atoms with E-state index in [1.54, 1.807) is 4.68 Å². The van der Waals surface area contributed by atoms with E-state index in [9.17, 15) is 4.79 Å². The fourth-order valence-electron chi connectivity index (χ4n) is 4.20. The molecule has 1 aromatic heterocycles. The maximum atomic E-state index is 13.2. The monoisotopic (exact) mass is 396 g/mol. The first kappa shape index (κ1) is 19.2. The van der Waals surface area contributed by atoms with Gasteiger partial charge in [-0.2, -0.15) is 5.10 Å². The van der Waals surface area contributed by atoms with E-state index >= 15 is 0 Å². The molecule has 1 atom stereocenters. The van der Waals surface area contributed by atoms with Crippen molar-refractivity contribution in [1.82, 2.24) is 9.78 Å². The molecule has 1 fully saturated rings. The van der Waals surface area contributed by atoms with Crippen LogP contribution >= 0.6 is 11.6 Å². The van der Waals surface area contributed by atoms with Crippen molar-refractivity contribution in [2.75, 3.05) is 27.2 Å². The molecule has 5 heteroatoms. The molecule has 0 bridgehead atoms. The molecule has 2 heterocycles. The van der Waals surface area contributed by atoms with Crippen molar-refractivity contribution in [3.63, 3.8) is 0 Å². The number of likely N-dealkylation sites (tertiary alicyclic amines) is 1. The molecule has 1 saturated heterocycles. The van der Waals surface area contributed by atoms with E-state index in [1.807, 2.05) is 48.5 Å². The molecule has 0 amide bonds. The molecule has 146 valence electrons. The van der Waals surface area contributed by atoms with Crippen molar-refractivity contribution >= 4 is 22.4 Å². The minimum absolute atomic E-state index is 0.0349. The summed E-state index contributed by atoms with van der Waals surface area (Å²) in [5.74, 6) is 0. The number of aromatic nitrogens is 2. The predicted octanol–water partition coefficient (Wildman–Crippen LogP) is 4.44. The van der Waals surface area contributed by atoms with Gasteiger partial charge in [0.25, 0.3) is 5.56 Å². The number of fused-ring (bicyclic) bond motifs is 1. The summed E-state index contributed by atoms with van der Waals surface area (Å²) in [6.45, 7) is 2.22. The quantitative estimate of drug-likeness (QED) is 0.613. The lowest BCUT2D eigenvalue weighted by Gasteiger charge is -2.28. The molecule has 0 aliphatic carbocycles. The van der Waals surface area contributed by atoms with Crippen LogP contribution in [-0.2, 0) is 6.42 Å². The Morgan fingerprint density at radius 3 is 2.50 bits per heavy atom. The standard InChI is InChI=1S/C23H27ClN3O/c1-27(2)14-5-6-19(13-15-27)26-23(28)21-8-4-3-7-20(21)22(25-26)16-17-9-11-18(24)12-10-17/h3-4,7-12,19H,5-6,13-16H2,1-2H3/q+1. The van der Waals surface area contributed by atoms with Gasteiger partial charge in [0.05, 0.1) is 44.3 Å². The van der Waals surface area contributed by atoms with Crippen LogP contribution in [-0.4, -0.2) is 41.4 Å². The van der Waals surface area contributed by atoms with Gasteiger partial charge in [0, 0.05) is 23.3 Å². The summed E-state index contributed by atoms with van der Waals surface area (Å²) in [7, 11) is 4.54. The van der Waals surface area contributed by atoms with Crippen LogP contribution in [0.2, 0.25) is 5.02 Å². The molecule has 1 aliphatic rings. The van der Waals surface area contributed by atoms with Gasteiger partial charge in [-0.05, 0) is 36.6 Å². The van der Waals surface area contributed by atoms with Gasteiger partial charge in [-0.1, -0.05) is 41.9 Å². The Labute approximate surface area is 171 Å². The molecule has 28 heavy (non-hydrogen) atoms. The van der Waals surface area contributed by atoms with E-state index in [-0.39, 0.29) is 11.6 Å². The van der Waals surface area contributed by atoms with Gasteiger partial charge in [-0.25, -0.2) is 4.68 Å². The highest BCUT2D eigenvalue weighted by atomic mass is 35.5. The highest BCUT2D eigenvalue weighted by molar-refractivity contribution is 6.30. The van der Waals surface area contributed by atoms with Crippen LogP contribution in [0.15, 0.2) is 53.3 Å². The summed E-state index contributed by atoms with van der Waals surface area (Å²) in [6, 6.07) is 15.9. The van der Waals surface area contributed by atoms with Gasteiger partial charge in [0.2, 0.25) is 0 Å². The minimum atomic E-state index is 0.0349. The third-order valence-electron chi connectivity index (χ3n) is 5.90. The van der Waals surface area contributed by atoms with E-state index in [4.69, 9.17) is 16.7 Å². The zero-order valence-corrected chi connectivity index (χ0v) is 17.3. The molecule has 0 spiro atoms. The third kappa shape index (κ3) is 3.98. The van der Waals surface area contributed by atoms with Gasteiger partial charge >= 0.3 is 0 Å².